The van der Waals surface area contributed by atoms with Gasteiger partial charge in [0.1, 0.15) is 23.7 Å². The van der Waals surface area contributed by atoms with Crippen LogP contribution in [-0.4, -0.2) is 57.7 Å². The molecule has 2 saturated heterocycles. The molecule has 2 aliphatic heterocycles. The lowest BCUT2D eigenvalue weighted by atomic mass is 9.71. The molecule has 3 heterocycles. The molecule has 2 aromatic rings. The smallest absolute Gasteiger partial charge is 0.258 e. The van der Waals surface area contributed by atoms with Gasteiger partial charge in [0.05, 0.1) is 5.56 Å². The molecule has 160 valence electrons. The van der Waals surface area contributed by atoms with E-state index in [2.05, 4.69) is 34.1 Å². The predicted molar refractivity (Wildman–Crippen MR) is 111 cm³/mol. The average molecular weight is 411 g/mol. The first kappa shape index (κ1) is 19.5. The van der Waals surface area contributed by atoms with Crippen molar-refractivity contribution in [3.8, 4) is 5.75 Å². The van der Waals surface area contributed by atoms with E-state index < -0.39 is 0 Å². The van der Waals surface area contributed by atoms with Crippen LogP contribution < -0.4 is 4.74 Å². The van der Waals surface area contributed by atoms with Crippen molar-refractivity contribution < 1.29 is 14.2 Å². The number of carbonyl (C=O) groups is 1. The summed E-state index contributed by atoms with van der Waals surface area (Å²) in [7, 11) is 2.23. The molecule has 1 aromatic heterocycles. The fourth-order valence-corrected chi connectivity index (χ4v) is 6.22. The second-order valence-corrected chi connectivity index (χ2v) is 9.41. The molecule has 7 nitrogen and oxygen atoms in total. The molecule has 4 atom stereocenters. The summed E-state index contributed by atoms with van der Waals surface area (Å²) in [5.41, 5.74) is 2.15. The second kappa shape index (κ2) is 7.38. The normalized spacial score (nSPS) is 30.9. The first-order chi connectivity index (χ1) is 14.5. The summed E-state index contributed by atoms with van der Waals surface area (Å²) in [5.74, 6) is 0.685. The molecule has 0 spiro atoms. The van der Waals surface area contributed by atoms with Crippen LogP contribution in [0.3, 0.4) is 0 Å². The van der Waals surface area contributed by atoms with Gasteiger partial charge in [-0.2, -0.15) is 0 Å². The molecular weight excluding hydrogens is 380 g/mol. The number of piperidine rings is 1. The van der Waals surface area contributed by atoms with Crippen LogP contribution in [-0.2, 0) is 6.61 Å². The summed E-state index contributed by atoms with van der Waals surface area (Å²) >= 11 is 0. The van der Waals surface area contributed by atoms with E-state index in [0.29, 0.717) is 34.8 Å². The first-order valence-electron chi connectivity index (χ1n) is 11.0. The average Bonchev–Trinajstić information content (AvgIpc) is 3.18. The molecule has 0 unspecified atom stereocenters. The number of nitrogens with zero attached hydrogens (tertiary/aromatic N) is 4. The number of para-hydroxylation sites is 1. The fraction of sp³-hybridized carbons (Fsp3) is 0.609. The Morgan fingerprint density at radius 1 is 1.23 bits per heavy atom. The molecule has 0 radical (unpaired) electrons. The van der Waals surface area contributed by atoms with E-state index >= 15 is 0 Å². The van der Waals surface area contributed by atoms with Crippen molar-refractivity contribution in [2.24, 2.45) is 5.41 Å². The van der Waals surface area contributed by atoms with Crippen LogP contribution in [0.2, 0.25) is 0 Å². The first-order valence-corrected chi connectivity index (χ1v) is 11.0. The summed E-state index contributed by atoms with van der Waals surface area (Å²) in [5, 5.41) is 7.68. The van der Waals surface area contributed by atoms with E-state index in [9.17, 15) is 4.79 Å². The Kier molecular flexibility index (Phi) is 4.81. The molecule has 1 saturated carbocycles. The number of likely N-dealkylation sites (tertiary alicyclic amines) is 2. The molecule has 3 aliphatic rings. The fourth-order valence-electron chi connectivity index (χ4n) is 6.22. The van der Waals surface area contributed by atoms with Crippen molar-refractivity contribution >= 4 is 5.91 Å². The van der Waals surface area contributed by atoms with Gasteiger partial charge in [0, 0.05) is 30.1 Å². The lowest BCUT2D eigenvalue weighted by molar-refractivity contribution is 0.0576. The number of hydrogen-bond acceptors (Lipinski definition) is 6. The van der Waals surface area contributed by atoms with Gasteiger partial charge < -0.3 is 14.5 Å². The molecule has 3 fully saturated rings. The van der Waals surface area contributed by atoms with Gasteiger partial charge in [0.15, 0.2) is 0 Å². The molecule has 1 amide bonds. The highest BCUT2D eigenvalue weighted by molar-refractivity contribution is 5.97. The largest absolute Gasteiger partial charge is 0.486 e. The van der Waals surface area contributed by atoms with Crippen molar-refractivity contribution in [3.63, 3.8) is 0 Å². The van der Waals surface area contributed by atoms with Crippen LogP contribution in [0.25, 0.3) is 0 Å². The van der Waals surface area contributed by atoms with Gasteiger partial charge in [0.25, 0.3) is 5.91 Å². The molecule has 1 aliphatic carbocycles. The topological polar surface area (TPSA) is 71.7 Å². The van der Waals surface area contributed by atoms with Crippen LogP contribution in [0, 0.1) is 12.3 Å². The van der Waals surface area contributed by atoms with Crippen molar-refractivity contribution in [3.05, 3.63) is 41.2 Å². The summed E-state index contributed by atoms with van der Waals surface area (Å²) < 4.78 is 10.8. The number of carbonyl (C=O) groups excluding carboxylic acids is 1. The van der Waals surface area contributed by atoms with Crippen LogP contribution in [0.15, 0.2) is 28.9 Å². The number of aryl methyl sites for hydroxylation is 1. The van der Waals surface area contributed by atoms with Gasteiger partial charge in [-0.15, -0.1) is 0 Å². The summed E-state index contributed by atoms with van der Waals surface area (Å²) in [6, 6.07) is 8.68. The van der Waals surface area contributed by atoms with Gasteiger partial charge in [-0.25, -0.2) is 4.63 Å². The minimum atomic E-state index is 0.0928. The molecule has 0 N–H and O–H groups in total. The van der Waals surface area contributed by atoms with Gasteiger partial charge in [-0.05, 0) is 45.4 Å². The van der Waals surface area contributed by atoms with Crippen LogP contribution in [0.5, 0.6) is 5.75 Å². The summed E-state index contributed by atoms with van der Waals surface area (Å²) in [4.78, 5) is 18.6. The maximum absolute atomic E-state index is 13.9. The van der Waals surface area contributed by atoms with E-state index in [1.54, 1.807) is 0 Å². The van der Waals surface area contributed by atoms with Crippen LogP contribution >= 0.6 is 0 Å². The number of aromatic nitrogens is 2. The Morgan fingerprint density at radius 2 is 2.00 bits per heavy atom. The number of ether oxygens (including phenoxy) is 1. The third-order valence-electron chi connectivity index (χ3n) is 7.63. The van der Waals surface area contributed by atoms with Gasteiger partial charge in [-0.3, -0.25) is 4.79 Å². The van der Waals surface area contributed by atoms with Gasteiger partial charge in [0.2, 0.25) is 0 Å². The molecule has 30 heavy (non-hydrogen) atoms. The van der Waals surface area contributed by atoms with Crippen molar-refractivity contribution in [2.75, 3.05) is 13.6 Å². The number of benzene rings is 1. The highest BCUT2D eigenvalue weighted by Gasteiger charge is 2.59. The third-order valence-corrected chi connectivity index (χ3v) is 7.63. The van der Waals surface area contributed by atoms with E-state index in [-0.39, 0.29) is 24.0 Å². The van der Waals surface area contributed by atoms with E-state index in [1.807, 2.05) is 31.2 Å². The highest BCUT2D eigenvalue weighted by Crippen LogP contribution is 2.53. The molecule has 1 aromatic carbocycles. The van der Waals surface area contributed by atoms with E-state index in [1.165, 1.54) is 19.3 Å². The zero-order valence-corrected chi connectivity index (χ0v) is 18.0. The monoisotopic (exact) mass is 410 g/mol. The molecule has 5 rings (SSSR count). The molecule has 7 heteroatoms. The number of amides is 1. The van der Waals surface area contributed by atoms with Gasteiger partial charge >= 0.3 is 0 Å². The Hall–Kier alpha value is -2.41. The van der Waals surface area contributed by atoms with Crippen molar-refractivity contribution in [1.29, 1.82) is 0 Å². The quantitative estimate of drug-likeness (QED) is 0.769. The van der Waals surface area contributed by atoms with Crippen LogP contribution in [0.4, 0.5) is 0 Å². The second-order valence-electron chi connectivity index (χ2n) is 9.41. The predicted octanol–water partition coefficient (Wildman–Crippen LogP) is 3.43. The Bertz CT molecular complexity index is 944. The molecular formula is C23H30N4O3. The van der Waals surface area contributed by atoms with Gasteiger partial charge in [-0.1, -0.05) is 42.2 Å². The third kappa shape index (κ3) is 3.02. The lowest BCUT2D eigenvalue weighted by Gasteiger charge is -2.44. The standard InChI is InChI=1S/C23H30N4O3/c1-15-18(25-30-24-15)14-29-19-9-5-4-8-17(19)22(28)27-16-12-23(2)20(26(3)13-16)10-6-7-11-21(23)27/h4-5,8-9,16,20-21H,6-7,10-14H2,1-3H3/t16-,20+,21-,23+/m0/s1. The number of rotatable bonds is 4. The Labute approximate surface area is 177 Å². The Morgan fingerprint density at radius 3 is 2.77 bits per heavy atom. The van der Waals surface area contributed by atoms with Crippen molar-refractivity contribution in [2.45, 2.75) is 70.7 Å². The number of hydrogen-bond donors (Lipinski definition) is 0. The SMILES string of the molecule is Cc1nonc1COc1ccccc1C(=O)N1[C@@H]2CN(C)[C@@H]3CCCC[C@H]1[C@]3(C)C2. The zero-order valence-electron chi connectivity index (χ0n) is 18.0. The summed E-state index contributed by atoms with van der Waals surface area (Å²) in [6.45, 7) is 5.42. The van der Waals surface area contributed by atoms with E-state index in [0.717, 1.165) is 19.4 Å². The lowest BCUT2D eigenvalue weighted by Crippen LogP contribution is -2.51. The van der Waals surface area contributed by atoms with Crippen LogP contribution in [0.1, 0.15) is 60.8 Å². The minimum Gasteiger partial charge on any atom is -0.486 e. The Balaban J connectivity index is 1.44. The maximum Gasteiger partial charge on any atom is 0.258 e. The number of likely N-dealkylation sites (N-methyl/N-ethyl adjacent to an activating group) is 1. The van der Waals surface area contributed by atoms with Crippen molar-refractivity contribution in [1.82, 2.24) is 20.1 Å². The summed E-state index contributed by atoms with van der Waals surface area (Å²) in [6.07, 6.45) is 5.88. The minimum absolute atomic E-state index is 0.0928. The molecule has 2 bridgehead atoms. The zero-order chi connectivity index (χ0) is 20.9. The van der Waals surface area contributed by atoms with E-state index in [4.69, 9.17) is 9.37 Å². The maximum atomic E-state index is 13.9. The highest BCUT2D eigenvalue weighted by atomic mass is 16.6. The number of fused-ring (bicyclic) bond motifs is 1.